The number of benzene rings is 1. The largest absolute Gasteiger partial charge is 0.306 e. The van der Waals surface area contributed by atoms with E-state index in [1.807, 2.05) is 12.1 Å². The van der Waals surface area contributed by atoms with Crippen LogP contribution in [0, 0.1) is 0 Å². The van der Waals surface area contributed by atoms with E-state index in [1.165, 1.54) is 5.56 Å². The van der Waals surface area contributed by atoms with Gasteiger partial charge in [0.25, 0.3) is 0 Å². The fraction of sp³-hybridized carbons (Fsp3) is 0.455. The van der Waals surface area contributed by atoms with Gasteiger partial charge in [-0.05, 0) is 24.0 Å². The van der Waals surface area contributed by atoms with E-state index in [0.717, 1.165) is 18.4 Å². The van der Waals surface area contributed by atoms with Crippen molar-refractivity contribution < 1.29 is 8.76 Å². The molecule has 14 heavy (non-hydrogen) atoms. The van der Waals surface area contributed by atoms with E-state index in [1.54, 1.807) is 0 Å². The molecule has 0 bridgehead atoms. The Kier molecular flexibility index (Phi) is 4.84. The summed E-state index contributed by atoms with van der Waals surface area (Å²) < 4.78 is 19.1. The highest BCUT2D eigenvalue weighted by Crippen LogP contribution is 2.07. The SMILES string of the molecule is CCCc1ccc(CCS(=O)O)cc1. The molecule has 1 unspecified atom stereocenters. The molecule has 0 saturated heterocycles. The van der Waals surface area contributed by atoms with Crippen LogP contribution in [-0.4, -0.2) is 14.5 Å². The molecule has 1 N–H and O–H groups in total. The van der Waals surface area contributed by atoms with Gasteiger partial charge in [0, 0.05) is 0 Å². The Hall–Kier alpha value is -0.670. The molecule has 0 heterocycles. The minimum atomic E-state index is -1.67. The maximum atomic E-state index is 10.5. The van der Waals surface area contributed by atoms with E-state index in [9.17, 15) is 4.21 Å². The van der Waals surface area contributed by atoms with Crippen LogP contribution >= 0.6 is 0 Å². The number of aryl methyl sites for hydroxylation is 2. The molecule has 0 aliphatic heterocycles. The van der Waals surface area contributed by atoms with Crippen LogP contribution in [0.1, 0.15) is 24.5 Å². The molecule has 1 rings (SSSR count). The van der Waals surface area contributed by atoms with Gasteiger partial charge in [0.15, 0.2) is 11.1 Å². The molecule has 0 saturated carbocycles. The van der Waals surface area contributed by atoms with Crippen molar-refractivity contribution in [2.45, 2.75) is 26.2 Å². The fourth-order valence-corrected chi connectivity index (χ4v) is 1.78. The lowest BCUT2D eigenvalue weighted by molar-refractivity contribution is 0.563. The summed E-state index contributed by atoms with van der Waals surface area (Å²) in [7, 11) is 0. The summed E-state index contributed by atoms with van der Waals surface area (Å²) in [5, 5.41) is 0. The predicted octanol–water partition coefficient (Wildman–Crippen LogP) is 2.40. The van der Waals surface area contributed by atoms with E-state index < -0.39 is 11.1 Å². The zero-order valence-electron chi connectivity index (χ0n) is 8.40. The first-order valence-corrected chi connectivity index (χ1v) is 6.15. The second kappa shape index (κ2) is 5.94. The van der Waals surface area contributed by atoms with E-state index in [0.29, 0.717) is 12.2 Å². The average molecular weight is 212 g/mol. The van der Waals surface area contributed by atoms with Crippen LogP contribution in [0.5, 0.6) is 0 Å². The van der Waals surface area contributed by atoms with Crippen molar-refractivity contribution >= 4 is 11.1 Å². The van der Waals surface area contributed by atoms with Crippen LogP contribution in [-0.2, 0) is 23.9 Å². The van der Waals surface area contributed by atoms with Crippen molar-refractivity contribution in [3.63, 3.8) is 0 Å². The molecule has 0 aromatic heterocycles. The summed E-state index contributed by atoms with van der Waals surface area (Å²) in [6.45, 7) is 2.16. The standard InChI is InChI=1S/C11H16O2S/c1-2-3-10-4-6-11(7-5-10)8-9-14(12)13/h4-7H,2-3,8-9H2,1H3,(H,12,13). The lowest BCUT2D eigenvalue weighted by Gasteiger charge is -2.01. The van der Waals surface area contributed by atoms with Crippen molar-refractivity contribution in [1.82, 2.24) is 0 Å². The van der Waals surface area contributed by atoms with Gasteiger partial charge >= 0.3 is 0 Å². The first-order valence-electron chi connectivity index (χ1n) is 4.87. The normalized spacial score (nSPS) is 12.7. The highest BCUT2D eigenvalue weighted by Gasteiger charge is 1.97. The highest BCUT2D eigenvalue weighted by atomic mass is 32.2. The molecule has 0 amide bonds. The summed E-state index contributed by atoms with van der Waals surface area (Å²) in [6.07, 6.45) is 2.93. The average Bonchev–Trinajstić information content (AvgIpc) is 2.17. The molecule has 0 spiro atoms. The molecule has 0 fully saturated rings. The van der Waals surface area contributed by atoms with Gasteiger partial charge in [-0.25, -0.2) is 4.21 Å². The smallest absolute Gasteiger partial charge is 0.153 e. The summed E-state index contributed by atoms with van der Waals surface area (Å²) in [4.78, 5) is 0. The third kappa shape index (κ3) is 4.03. The first-order chi connectivity index (χ1) is 6.72. The van der Waals surface area contributed by atoms with Gasteiger partial charge in [-0.2, -0.15) is 0 Å². The lowest BCUT2D eigenvalue weighted by atomic mass is 10.1. The van der Waals surface area contributed by atoms with Gasteiger partial charge in [0.2, 0.25) is 0 Å². The van der Waals surface area contributed by atoms with Crippen molar-refractivity contribution in [2.75, 3.05) is 5.75 Å². The molecule has 0 aliphatic rings. The Morgan fingerprint density at radius 1 is 1.14 bits per heavy atom. The first kappa shape index (κ1) is 11.4. The van der Waals surface area contributed by atoms with Crippen molar-refractivity contribution in [1.29, 1.82) is 0 Å². The fourth-order valence-electron chi connectivity index (χ4n) is 1.37. The summed E-state index contributed by atoms with van der Waals surface area (Å²) in [5.41, 5.74) is 2.47. The Morgan fingerprint density at radius 3 is 2.07 bits per heavy atom. The lowest BCUT2D eigenvalue weighted by Crippen LogP contribution is -1.99. The number of hydrogen-bond acceptors (Lipinski definition) is 1. The topological polar surface area (TPSA) is 37.3 Å². The molecule has 0 aliphatic carbocycles. The van der Waals surface area contributed by atoms with Gasteiger partial charge < -0.3 is 4.55 Å². The zero-order chi connectivity index (χ0) is 10.4. The molecule has 1 aromatic rings. The number of rotatable bonds is 5. The Balaban J connectivity index is 2.50. The molecular weight excluding hydrogens is 196 g/mol. The summed E-state index contributed by atoms with van der Waals surface area (Å²) in [6, 6.07) is 8.27. The molecule has 78 valence electrons. The second-order valence-corrected chi connectivity index (χ2v) is 4.39. The van der Waals surface area contributed by atoms with Crippen LogP contribution in [0.3, 0.4) is 0 Å². The van der Waals surface area contributed by atoms with Crippen LogP contribution in [0.2, 0.25) is 0 Å². The van der Waals surface area contributed by atoms with Gasteiger partial charge in [0.05, 0.1) is 5.75 Å². The molecular formula is C11H16O2S. The maximum absolute atomic E-state index is 10.5. The van der Waals surface area contributed by atoms with E-state index in [2.05, 4.69) is 19.1 Å². The Morgan fingerprint density at radius 2 is 1.64 bits per heavy atom. The Bertz CT molecular complexity index is 293. The van der Waals surface area contributed by atoms with Crippen LogP contribution in [0.15, 0.2) is 24.3 Å². The Labute approximate surface area is 87.6 Å². The van der Waals surface area contributed by atoms with Gasteiger partial charge in [0.1, 0.15) is 0 Å². The van der Waals surface area contributed by atoms with Crippen molar-refractivity contribution in [3.05, 3.63) is 35.4 Å². The minimum Gasteiger partial charge on any atom is -0.306 e. The van der Waals surface area contributed by atoms with Crippen LogP contribution in [0.4, 0.5) is 0 Å². The van der Waals surface area contributed by atoms with E-state index >= 15 is 0 Å². The summed E-state index contributed by atoms with van der Waals surface area (Å²) in [5.74, 6) is 0.327. The van der Waals surface area contributed by atoms with Crippen LogP contribution < -0.4 is 0 Å². The minimum absolute atomic E-state index is 0.327. The van der Waals surface area contributed by atoms with E-state index in [4.69, 9.17) is 4.55 Å². The number of hydrogen-bond donors (Lipinski definition) is 1. The molecule has 0 radical (unpaired) electrons. The molecule has 2 nitrogen and oxygen atoms in total. The molecule has 3 heteroatoms. The quantitative estimate of drug-likeness (QED) is 0.761. The third-order valence-electron chi connectivity index (χ3n) is 2.13. The van der Waals surface area contributed by atoms with E-state index in [-0.39, 0.29) is 0 Å². The molecule has 1 atom stereocenters. The second-order valence-electron chi connectivity index (χ2n) is 3.34. The van der Waals surface area contributed by atoms with Gasteiger partial charge in [-0.3, -0.25) is 0 Å². The predicted molar refractivity (Wildman–Crippen MR) is 59.8 cm³/mol. The molecule has 1 aromatic carbocycles. The maximum Gasteiger partial charge on any atom is 0.153 e. The van der Waals surface area contributed by atoms with Crippen LogP contribution in [0.25, 0.3) is 0 Å². The monoisotopic (exact) mass is 212 g/mol. The highest BCUT2D eigenvalue weighted by molar-refractivity contribution is 7.79. The van der Waals surface area contributed by atoms with Gasteiger partial charge in [-0.1, -0.05) is 37.6 Å². The van der Waals surface area contributed by atoms with Crippen molar-refractivity contribution in [3.8, 4) is 0 Å². The van der Waals surface area contributed by atoms with Crippen molar-refractivity contribution in [2.24, 2.45) is 0 Å². The third-order valence-corrected chi connectivity index (χ3v) is 2.68. The summed E-state index contributed by atoms with van der Waals surface area (Å²) >= 11 is -1.67. The van der Waals surface area contributed by atoms with Gasteiger partial charge in [-0.15, -0.1) is 0 Å². The zero-order valence-corrected chi connectivity index (χ0v) is 9.22.